The van der Waals surface area contributed by atoms with E-state index >= 15 is 0 Å². The number of hydrogen-bond donors (Lipinski definition) is 7. The Balaban J connectivity index is 1.56. The number of benzene rings is 2. The Morgan fingerprint density at radius 2 is 1.48 bits per heavy atom. The van der Waals surface area contributed by atoms with Gasteiger partial charge >= 0.3 is 0 Å². The van der Waals surface area contributed by atoms with Gasteiger partial charge in [-0.25, -0.2) is 0 Å². The Hall–Kier alpha value is -4.69. The van der Waals surface area contributed by atoms with Gasteiger partial charge in [-0.1, -0.05) is 38.1 Å². The van der Waals surface area contributed by atoms with Gasteiger partial charge in [0.1, 0.15) is 23.6 Å². The van der Waals surface area contributed by atoms with Crippen molar-refractivity contribution in [1.29, 1.82) is 0 Å². The molecule has 0 spiro atoms. The summed E-state index contributed by atoms with van der Waals surface area (Å²) in [5.41, 5.74) is 6.98. The van der Waals surface area contributed by atoms with Crippen molar-refractivity contribution in [1.82, 2.24) is 26.6 Å². The number of nitrogens with two attached hydrogens (primary N) is 1. The van der Waals surface area contributed by atoms with Crippen LogP contribution in [0.1, 0.15) is 57.1 Å². The van der Waals surface area contributed by atoms with E-state index in [-0.39, 0.29) is 50.5 Å². The number of hydrogen-bond acceptors (Lipinski definition) is 9. The number of fused-ring (bicyclic) bond motifs is 24. The summed E-state index contributed by atoms with van der Waals surface area (Å²) in [6.07, 6.45) is 0.384. The monoisotopic (exact) mass is 694 g/mol. The number of nitrogens with one attached hydrogen (secondary N) is 5. The van der Waals surface area contributed by atoms with Gasteiger partial charge in [0.05, 0.1) is 31.4 Å². The fourth-order valence-electron chi connectivity index (χ4n) is 5.78. The summed E-state index contributed by atoms with van der Waals surface area (Å²) in [6.45, 7) is 4.58. The van der Waals surface area contributed by atoms with Crippen LogP contribution in [0.4, 0.5) is 0 Å². The Bertz CT molecular complexity index is 1450. The highest BCUT2D eigenvalue weighted by Gasteiger charge is 2.31. The van der Waals surface area contributed by atoms with Gasteiger partial charge in [0.15, 0.2) is 0 Å². The molecule has 0 fully saturated rings. The fraction of sp³-hybridized carbons (Fsp3) is 0.528. The molecule has 14 nitrogen and oxygen atoms in total. The van der Waals surface area contributed by atoms with E-state index in [0.29, 0.717) is 44.1 Å². The first kappa shape index (κ1) is 38.1. The second-order valence-electron chi connectivity index (χ2n) is 13.1. The highest BCUT2D eigenvalue weighted by Crippen LogP contribution is 2.18. The molecule has 272 valence electrons. The fourth-order valence-corrected chi connectivity index (χ4v) is 5.78. The Morgan fingerprint density at radius 3 is 2.10 bits per heavy atom. The van der Waals surface area contributed by atoms with Crippen LogP contribution in [-0.2, 0) is 36.8 Å². The molecule has 14 heteroatoms. The molecule has 5 atom stereocenters. The standard InChI is InChI=1S/C36H50N6O8/c1-22(2)33-36(48)41-28(19-23-6-10-25(11-7-23)49-17-3-5-32(45)42-33)30(43)21-39-29-20-24-8-12-26(13-9-24)50-18-4-16-38-34(46)27(40-35(29)47)14-15-31(37)44/h6-13,22,27-30,33,39,43H,3-5,14-21H2,1-2H3,(H2,37,44)(H,38,46)(H,40,47)(H,41,48)(H,42,45). The normalized spacial score (nSPS) is 23.4. The van der Waals surface area contributed by atoms with Crippen molar-refractivity contribution in [2.45, 2.75) is 89.1 Å². The van der Waals surface area contributed by atoms with Crippen LogP contribution in [0.2, 0.25) is 0 Å². The van der Waals surface area contributed by atoms with Crippen LogP contribution < -0.4 is 41.8 Å². The number of primary amides is 1. The van der Waals surface area contributed by atoms with E-state index in [1.54, 1.807) is 24.3 Å². The first-order valence-electron chi connectivity index (χ1n) is 17.3. The smallest absolute Gasteiger partial charge is 0.243 e. The number of carbonyl (C=O) groups is 5. The van der Waals surface area contributed by atoms with Gasteiger partial charge in [-0.3, -0.25) is 24.0 Å². The number of aliphatic hydroxyl groups excluding tert-OH is 1. The molecule has 0 radical (unpaired) electrons. The first-order chi connectivity index (χ1) is 24.0. The zero-order valence-electron chi connectivity index (χ0n) is 28.7. The van der Waals surface area contributed by atoms with Gasteiger partial charge in [0.25, 0.3) is 0 Å². The van der Waals surface area contributed by atoms with E-state index in [2.05, 4.69) is 26.6 Å². The number of ether oxygens (including phenoxy) is 2. The van der Waals surface area contributed by atoms with Crippen molar-refractivity contribution in [2.75, 3.05) is 26.3 Å². The number of amides is 5. The van der Waals surface area contributed by atoms with Crippen LogP contribution in [0.25, 0.3) is 0 Å². The molecule has 4 bridgehead atoms. The van der Waals surface area contributed by atoms with E-state index in [9.17, 15) is 29.1 Å². The lowest BCUT2D eigenvalue weighted by atomic mass is 9.97. The third kappa shape index (κ3) is 12.0. The SMILES string of the molecule is CC(C)C1NC(=O)CCCOc2ccc(cc2)CC(C(O)CNC2Cc3ccc(cc3)OCCCNC(=O)C(CCC(N)=O)NC2=O)NC1=O. The van der Waals surface area contributed by atoms with Crippen molar-refractivity contribution in [3.63, 3.8) is 0 Å². The molecule has 4 aliphatic heterocycles. The van der Waals surface area contributed by atoms with E-state index in [0.717, 1.165) is 11.1 Å². The van der Waals surface area contributed by atoms with Gasteiger partial charge in [0, 0.05) is 25.9 Å². The number of rotatable bonds is 8. The van der Waals surface area contributed by atoms with Crippen LogP contribution >= 0.6 is 0 Å². The molecule has 0 saturated carbocycles. The van der Waals surface area contributed by atoms with Crippen molar-refractivity contribution >= 4 is 29.5 Å². The molecule has 5 unspecified atom stereocenters. The quantitative estimate of drug-likeness (QED) is 0.202. The van der Waals surface area contributed by atoms with Crippen molar-refractivity contribution in [2.24, 2.45) is 11.7 Å². The van der Waals surface area contributed by atoms with Gasteiger partial charge in [0.2, 0.25) is 29.5 Å². The Morgan fingerprint density at radius 1 is 0.860 bits per heavy atom. The summed E-state index contributed by atoms with van der Waals surface area (Å²) < 4.78 is 11.5. The van der Waals surface area contributed by atoms with E-state index in [1.807, 2.05) is 38.1 Å². The van der Waals surface area contributed by atoms with Gasteiger partial charge < -0.3 is 46.9 Å². The lowest BCUT2D eigenvalue weighted by Crippen LogP contribution is -2.58. The summed E-state index contributed by atoms with van der Waals surface area (Å²) in [7, 11) is 0. The summed E-state index contributed by atoms with van der Waals surface area (Å²) in [4.78, 5) is 64.6. The number of aliphatic hydroxyl groups is 1. The van der Waals surface area contributed by atoms with Gasteiger partial charge in [-0.05, 0) is 73.4 Å². The minimum absolute atomic E-state index is 0.0124. The second-order valence-corrected chi connectivity index (χ2v) is 13.1. The van der Waals surface area contributed by atoms with Crippen LogP contribution in [0.3, 0.4) is 0 Å². The predicted octanol–water partition coefficient (Wildman–Crippen LogP) is 0.238. The summed E-state index contributed by atoms with van der Waals surface area (Å²) in [5.74, 6) is -1.21. The average molecular weight is 695 g/mol. The third-order valence-electron chi connectivity index (χ3n) is 8.71. The zero-order valence-corrected chi connectivity index (χ0v) is 28.7. The molecular weight excluding hydrogens is 644 g/mol. The van der Waals surface area contributed by atoms with Crippen molar-refractivity contribution in [3.05, 3.63) is 59.7 Å². The van der Waals surface area contributed by atoms with Gasteiger partial charge in [-0.15, -0.1) is 0 Å². The summed E-state index contributed by atoms with van der Waals surface area (Å²) in [5, 5.41) is 26.1. The molecule has 2 aromatic rings. The Labute approximate surface area is 292 Å². The maximum atomic E-state index is 13.8. The van der Waals surface area contributed by atoms with Crippen LogP contribution in [0.15, 0.2) is 48.5 Å². The summed E-state index contributed by atoms with van der Waals surface area (Å²) in [6, 6.07) is 11.0. The van der Waals surface area contributed by atoms with Crippen LogP contribution in [0, 0.1) is 5.92 Å². The molecule has 8 N–H and O–H groups in total. The minimum atomic E-state index is -1.18. The first-order valence-corrected chi connectivity index (χ1v) is 17.3. The molecule has 50 heavy (non-hydrogen) atoms. The van der Waals surface area contributed by atoms with E-state index < -0.39 is 53.9 Å². The van der Waals surface area contributed by atoms with E-state index in [4.69, 9.17) is 15.2 Å². The Kier molecular flexibility index (Phi) is 14.4. The van der Waals surface area contributed by atoms with Crippen LogP contribution in [0.5, 0.6) is 11.5 Å². The highest BCUT2D eigenvalue weighted by molar-refractivity contribution is 5.90. The lowest BCUT2D eigenvalue weighted by molar-refractivity contribution is -0.131. The largest absolute Gasteiger partial charge is 0.494 e. The van der Waals surface area contributed by atoms with Crippen molar-refractivity contribution in [3.8, 4) is 11.5 Å². The number of carbonyl (C=O) groups excluding carboxylic acids is 5. The maximum Gasteiger partial charge on any atom is 0.243 e. The molecular formula is C36H50N6O8. The minimum Gasteiger partial charge on any atom is -0.494 e. The lowest BCUT2D eigenvalue weighted by Gasteiger charge is -2.30. The third-order valence-corrected chi connectivity index (χ3v) is 8.71. The second kappa shape index (κ2) is 18.9. The zero-order chi connectivity index (χ0) is 36.0. The molecule has 2 aromatic carbocycles. The molecule has 4 aliphatic rings. The summed E-state index contributed by atoms with van der Waals surface area (Å²) >= 11 is 0. The molecule has 5 amide bonds. The van der Waals surface area contributed by atoms with Gasteiger partial charge in [-0.2, -0.15) is 0 Å². The highest BCUT2D eigenvalue weighted by atomic mass is 16.5. The van der Waals surface area contributed by atoms with Crippen LogP contribution in [-0.4, -0.2) is 91.2 Å². The molecule has 6 rings (SSSR count). The molecule has 0 aromatic heterocycles. The molecule has 0 aliphatic carbocycles. The molecule has 4 heterocycles. The topological polar surface area (TPSA) is 210 Å². The maximum absolute atomic E-state index is 13.8. The average Bonchev–Trinajstić information content (AvgIpc) is 3.09. The predicted molar refractivity (Wildman–Crippen MR) is 185 cm³/mol. The van der Waals surface area contributed by atoms with Crippen molar-refractivity contribution < 1.29 is 38.6 Å². The van der Waals surface area contributed by atoms with E-state index in [1.165, 1.54) is 0 Å². The molecule has 0 saturated heterocycles.